The van der Waals surface area contributed by atoms with Gasteiger partial charge < -0.3 is 5.32 Å². The summed E-state index contributed by atoms with van der Waals surface area (Å²) in [6, 6.07) is 5.45. The number of anilines is 1. The summed E-state index contributed by atoms with van der Waals surface area (Å²) in [7, 11) is -3.64. The predicted octanol–water partition coefficient (Wildman–Crippen LogP) is 2.70. The van der Waals surface area contributed by atoms with Crippen LogP contribution >= 0.6 is 15.9 Å². The van der Waals surface area contributed by atoms with Gasteiger partial charge in [0.25, 0.3) is 0 Å². The third-order valence-electron chi connectivity index (χ3n) is 3.85. The van der Waals surface area contributed by atoms with Crippen molar-refractivity contribution >= 4 is 31.6 Å². The number of nitrogens with one attached hydrogen (secondary N) is 1. The number of hydrogen-bond acceptors (Lipinski definition) is 3. The first-order valence-electron chi connectivity index (χ1n) is 6.54. The summed E-state index contributed by atoms with van der Waals surface area (Å²) >= 11 is 3.42. The lowest BCUT2D eigenvalue weighted by Crippen LogP contribution is -2.24. The van der Waals surface area contributed by atoms with Crippen LogP contribution in [0.1, 0.15) is 25.7 Å². The first-order chi connectivity index (χ1) is 8.95. The molecule has 0 heterocycles. The maximum atomic E-state index is 11.3. The van der Waals surface area contributed by atoms with Crippen molar-refractivity contribution in [3.05, 3.63) is 22.7 Å². The fourth-order valence-corrected chi connectivity index (χ4v) is 3.69. The summed E-state index contributed by atoms with van der Waals surface area (Å²) in [6.45, 7) is 0. The molecule has 4 nitrogen and oxygen atoms in total. The highest BCUT2D eigenvalue weighted by atomic mass is 79.9. The van der Waals surface area contributed by atoms with E-state index in [9.17, 15) is 8.42 Å². The molecule has 2 saturated carbocycles. The molecule has 0 unspecified atom stereocenters. The van der Waals surface area contributed by atoms with Gasteiger partial charge in [-0.25, -0.2) is 13.6 Å². The number of primary sulfonamides is 1. The number of halogens is 1. The predicted molar refractivity (Wildman–Crippen MR) is 78.4 cm³/mol. The number of hydrogen-bond donors (Lipinski definition) is 2. The Morgan fingerprint density at radius 2 is 1.79 bits per heavy atom. The molecule has 0 aromatic heterocycles. The number of sulfonamides is 1. The molecule has 3 N–H and O–H groups in total. The normalized spacial score (nSPS) is 19.7. The molecule has 3 rings (SSSR count). The second kappa shape index (κ2) is 4.75. The molecule has 19 heavy (non-hydrogen) atoms. The molecule has 1 aromatic rings. The zero-order valence-corrected chi connectivity index (χ0v) is 12.9. The SMILES string of the molecule is NS(=O)(=O)c1ccc(NC(C2CC2)C2CC2)c(Br)c1. The highest BCUT2D eigenvalue weighted by Crippen LogP contribution is 2.46. The van der Waals surface area contributed by atoms with Crippen molar-refractivity contribution < 1.29 is 8.42 Å². The molecule has 0 spiro atoms. The van der Waals surface area contributed by atoms with E-state index < -0.39 is 10.0 Å². The van der Waals surface area contributed by atoms with E-state index in [1.807, 2.05) is 0 Å². The highest BCUT2D eigenvalue weighted by molar-refractivity contribution is 9.10. The van der Waals surface area contributed by atoms with Crippen molar-refractivity contribution in [1.82, 2.24) is 0 Å². The van der Waals surface area contributed by atoms with Gasteiger partial charge in [0.05, 0.1) is 4.90 Å². The number of nitrogens with two attached hydrogens (primary N) is 1. The third kappa shape index (κ3) is 3.12. The number of rotatable bonds is 5. The van der Waals surface area contributed by atoms with E-state index in [0.717, 1.165) is 22.0 Å². The van der Waals surface area contributed by atoms with E-state index in [1.54, 1.807) is 18.2 Å². The maximum absolute atomic E-state index is 11.3. The average molecular weight is 345 g/mol. The van der Waals surface area contributed by atoms with Crippen LogP contribution in [-0.4, -0.2) is 14.5 Å². The van der Waals surface area contributed by atoms with Crippen LogP contribution in [0.15, 0.2) is 27.6 Å². The molecule has 0 amide bonds. The second-order valence-corrected chi connectivity index (χ2v) is 7.95. The van der Waals surface area contributed by atoms with Crippen molar-refractivity contribution in [3.63, 3.8) is 0 Å². The minimum Gasteiger partial charge on any atom is -0.381 e. The second-order valence-electron chi connectivity index (χ2n) is 5.53. The summed E-state index contributed by atoms with van der Waals surface area (Å²) < 4.78 is 23.3. The van der Waals surface area contributed by atoms with Gasteiger partial charge in [-0.05, 0) is 71.6 Å². The van der Waals surface area contributed by atoms with Crippen molar-refractivity contribution in [2.45, 2.75) is 36.6 Å². The quantitative estimate of drug-likeness (QED) is 0.862. The molecular weight excluding hydrogens is 328 g/mol. The first-order valence-corrected chi connectivity index (χ1v) is 8.88. The lowest BCUT2D eigenvalue weighted by Gasteiger charge is -2.20. The Morgan fingerprint density at radius 3 is 2.21 bits per heavy atom. The van der Waals surface area contributed by atoms with Gasteiger partial charge in [0.1, 0.15) is 0 Å². The summed E-state index contributed by atoms with van der Waals surface area (Å²) in [6.07, 6.45) is 5.23. The lowest BCUT2D eigenvalue weighted by molar-refractivity contribution is 0.567. The Bertz CT molecular complexity index is 583. The molecular formula is C13H17BrN2O2S. The van der Waals surface area contributed by atoms with Gasteiger partial charge in [0, 0.05) is 16.2 Å². The van der Waals surface area contributed by atoms with Crippen LogP contribution in [0.3, 0.4) is 0 Å². The van der Waals surface area contributed by atoms with Gasteiger partial charge in [-0.1, -0.05) is 0 Å². The lowest BCUT2D eigenvalue weighted by atomic mass is 10.1. The molecule has 2 aliphatic rings. The smallest absolute Gasteiger partial charge is 0.238 e. The van der Waals surface area contributed by atoms with Crippen molar-refractivity contribution in [2.75, 3.05) is 5.32 Å². The van der Waals surface area contributed by atoms with Crippen LogP contribution in [-0.2, 0) is 10.0 Å². The zero-order chi connectivity index (χ0) is 13.6. The van der Waals surface area contributed by atoms with Gasteiger partial charge in [-0.2, -0.15) is 0 Å². The molecule has 0 atom stereocenters. The average Bonchev–Trinajstić information content (AvgIpc) is 3.19. The summed E-state index contributed by atoms with van der Waals surface area (Å²) in [5.41, 5.74) is 0.955. The van der Waals surface area contributed by atoms with Gasteiger partial charge in [-0.15, -0.1) is 0 Å². The van der Waals surface area contributed by atoms with Gasteiger partial charge in [0.15, 0.2) is 0 Å². The summed E-state index contributed by atoms with van der Waals surface area (Å²) in [5, 5.41) is 8.69. The minimum atomic E-state index is -3.64. The Labute approximate surface area is 121 Å². The Balaban J connectivity index is 1.81. The van der Waals surface area contributed by atoms with Crippen LogP contribution in [0.2, 0.25) is 0 Å². The van der Waals surface area contributed by atoms with E-state index in [2.05, 4.69) is 21.2 Å². The Kier molecular flexibility index (Phi) is 3.35. The molecule has 2 aliphatic carbocycles. The van der Waals surface area contributed by atoms with Crippen LogP contribution in [0, 0.1) is 11.8 Å². The maximum Gasteiger partial charge on any atom is 0.238 e. The molecule has 1 aromatic carbocycles. The van der Waals surface area contributed by atoms with Crippen LogP contribution in [0.4, 0.5) is 5.69 Å². The van der Waals surface area contributed by atoms with E-state index >= 15 is 0 Å². The van der Waals surface area contributed by atoms with E-state index in [1.165, 1.54) is 25.7 Å². The molecule has 104 valence electrons. The summed E-state index contributed by atoms with van der Waals surface area (Å²) in [5.74, 6) is 1.58. The standard InChI is InChI=1S/C13H17BrN2O2S/c14-11-7-10(19(15,17)18)5-6-12(11)16-13(8-1-2-8)9-3-4-9/h5-9,13,16H,1-4H2,(H2,15,17,18). The molecule has 0 aliphatic heterocycles. The van der Waals surface area contributed by atoms with E-state index in [4.69, 9.17) is 5.14 Å². The fraction of sp³-hybridized carbons (Fsp3) is 0.538. The number of benzene rings is 1. The fourth-order valence-electron chi connectivity index (χ4n) is 2.50. The third-order valence-corrected chi connectivity index (χ3v) is 5.42. The summed E-state index contributed by atoms with van der Waals surface area (Å²) in [4.78, 5) is 0.138. The Hall–Kier alpha value is -0.590. The monoisotopic (exact) mass is 344 g/mol. The topological polar surface area (TPSA) is 72.2 Å². The molecule has 0 bridgehead atoms. The largest absolute Gasteiger partial charge is 0.381 e. The van der Waals surface area contributed by atoms with Crippen LogP contribution < -0.4 is 10.5 Å². The van der Waals surface area contributed by atoms with Gasteiger partial charge >= 0.3 is 0 Å². The van der Waals surface area contributed by atoms with Gasteiger partial charge in [0.2, 0.25) is 10.0 Å². The van der Waals surface area contributed by atoms with Crippen molar-refractivity contribution in [2.24, 2.45) is 17.0 Å². The zero-order valence-electron chi connectivity index (χ0n) is 10.5. The van der Waals surface area contributed by atoms with Gasteiger partial charge in [-0.3, -0.25) is 0 Å². The molecule has 6 heteroatoms. The van der Waals surface area contributed by atoms with E-state index in [0.29, 0.717) is 6.04 Å². The molecule has 0 saturated heterocycles. The van der Waals surface area contributed by atoms with Crippen LogP contribution in [0.25, 0.3) is 0 Å². The molecule has 2 fully saturated rings. The first kappa shape index (κ1) is 13.4. The minimum absolute atomic E-state index is 0.138. The van der Waals surface area contributed by atoms with Crippen molar-refractivity contribution in [1.29, 1.82) is 0 Å². The van der Waals surface area contributed by atoms with E-state index in [-0.39, 0.29) is 4.90 Å². The van der Waals surface area contributed by atoms with Crippen LogP contribution in [0.5, 0.6) is 0 Å². The van der Waals surface area contributed by atoms with Crippen molar-refractivity contribution in [3.8, 4) is 0 Å². The molecule has 0 radical (unpaired) electrons. The Morgan fingerprint density at radius 1 is 1.21 bits per heavy atom. The highest BCUT2D eigenvalue weighted by Gasteiger charge is 2.41.